The van der Waals surface area contributed by atoms with E-state index in [1.807, 2.05) is 18.0 Å². The summed E-state index contributed by atoms with van der Waals surface area (Å²) in [5.74, 6) is 0.00762. The summed E-state index contributed by atoms with van der Waals surface area (Å²) in [6.07, 6.45) is 3.50. The molecule has 0 spiro atoms. The standard InChI is InChI=1S/C21H17FN5O/c1-21(28)20(27-9-3-2-4-10-27)18(14-5-7-16(22)8-6-14)17(13-25)19(26-21)15(11-23)12-24/h2-10,17-18,20,23,28H,1H3/q+1/t17-,18-,20+,21+/m0/s1. The highest BCUT2D eigenvalue weighted by molar-refractivity contribution is 6.13. The molecule has 0 radical (unpaired) electrons. The molecule has 3 rings (SSSR count). The Bertz CT molecular complexity index is 1040. The number of aliphatic imine (C=N–C) groups is 1. The van der Waals surface area contributed by atoms with Crippen molar-refractivity contribution in [2.45, 2.75) is 24.6 Å². The van der Waals surface area contributed by atoms with Gasteiger partial charge in [0.1, 0.15) is 23.4 Å². The minimum absolute atomic E-state index is 0.00658. The van der Waals surface area contributed by atoms with E-state index < -0.39 is 29.4 Å². The summed E-state index contributed by atoms with van der Waals surface area (Å²) < 4.78 is 15.2. The minimum Gasteiger partial charge on any atom is -0.364 e. The van der Waals surface area contributed by atoms with Gasteiger partial charge in [-0.1, -0.05) is 18.2 Å². The van der Waals surface area contributed by atoms with Crippen molar-refractivity contribution in [2.24, 2.45) is 10.9 Å². The third-order valence-corrected chi connectivity index (χ3v) is 4.85. The summed E-state index contributed by atoms with van der Waals surface area (Å²) in [7, 11) is 0. The number of pyridine rings is 1. The summed E-state index contributed by atoms with van der Waals surface area (Å²) in [4.78, 5) is 4.27. The monoisotopic (exact) mass is 374 g/mol. The Balaban J connectivity index is 2.30. The molecular formula is C21H17FN5O+. The number of rotatable bonds is 3. The van der Waals surface area contributed by atoms with Gasteiger partial charge in [-0.3, -0.25) is 5.41 Å². The van der Waals surface area contributed by atoms with E-state index in [1.165, 1.54) is 19.1 Å². The Morgan fingerprint density at radius 2 is 1.86 bits per heavy atom. The van der Waals surface area contributed by atoms with Crippen LogP contribution in [0.15, 0.2) is 65.4 Å². The van der Waals surface area contributed by atoms with Gasteiger partial charge in [0.15, 0.2) is 12.4 Å². The van der Waals surface area contributed by atoms with Crippen LogP contribution in [-0.2, 0) is 0 Å². The van der Waals surface area contributed by atoms with E-state index in [0.717, 1.165) is 0 Å². The average molecular weight is 374 g/mol. The van der Waals surface area contributed by atoms with E-state index in [4.69, 9.17) is 5.41 Å². The van der Waals surface area contributed by atoms with Gasteiger partial charge in [-0.2, -0.15) is 15.1 Å². The largest absolute Gasteiger partial charge is 0.364 e. The number of nitriles is 2. The normalized spacial score (nSPS) is 26.3. The first-order chi connectivity index (χ1) is 13.4. The molecule has 1 aliphatic heterocycles. The Kier molecular flexibility index (Phi) is 5.15. The predicted octanol–water partition coefficient (Wildman–Crippen LogP) is 2.44. The molecule has 2 heterocycles. The molecule has 0 amide bonds. The fraction of sp³-hybridized carbons (Fsp3) is 0.238. The lowest BCUT2D eigenvalue weighted by atomic mass is 9.71. The van der Waals surface area contributed by atoms with Crippen LogP contribution in [0.25, 0.3) is 0 Å². The van der Waals surface area contributed by atoms with Crippen LogP contribution in [-0.4, -0.2) is 22.4 Å². The molecule has 4 atom stereocenters. The summed E-state index contributed by atoms with van der Waals surface area (Å²) >= 11 is 0. The molecule has 1 aromatic heterocycles. The SMILES string of the molecule is C[C@]1(O)N=C(C(=C=N)C#N)[C@@H](C#N)[C@H](c2ccc(F)cc2)[C@H]1[n+]1ccccc1. The lowest BCUT2D eigenvalue weighted by Crippen LogP contribution is -2.58. The van der Waals surface area contributed by atoms with Crippen LogP contribution in [0.3, 0.4) is 0 Å². The number of benzene rings is 1. The van der Waals surface area contributed by atoms with Crippen LogP contribution < -0.4 is 4.57 Å². The number of aliphatic hydroxyl groups is 1. The second kappa shape index (κ2) is 7.54. The smallest absolute Gasteiger partial charge is 0.216 e. The number of aromatic nitrogens is 1. The molecule has 0 saturated carbocycles. The Morgan fingerprint density at radius 1 is 1.21 bits per heavy atom. The Morgan fingerprint density at radius 3 is 2.39 bits per heavy atom. The zero-order valence-corrected chi connectivity index (χ0v) is 15.0. The first-order valence-corrected chi connectivity index (χ1v) is 8.56. The number of nitrogens with one attached hydrogen (secondary N) is 1. The number of nitrogens with zero attached hydrogens (tertiary/aromatic N) is 4. The minimum atomic E-state index is -1.69. The van der Waals surface area contributed by atoms with Gasteiger partial charge >= 0.3 is 0 Å². The molecule has 138 valence electrons. The van der Waals surface area contributed by atoms with Crippen molar-refractivity contribution in [3.8, 4) is 12.1 Å². The lowest BCUT2D eigenvalue weighted by molar-refractivity contribution is -0.741. The second-order valence-electron chi connectivity index (χ2n) is 6.65. The summed E-state index contributed by atoms with van der Waals surface area (Å²) in [6, 6.07) is 14.4. The van der Waals surface area contributed by atoms with E-state index >= 15 is 0 Å². The van der Waals surface area contributed by atoms with Crippen molar-refractivity contribution >= 4 is 11.6 Å². The molecule has 1 aromatic carbocycles. The summed E-state index contributed by atoms with van der Waals surface area (Å²) in [5, 5.41) is 37.8. The molecular weight excluding hydrogens is 357 g/mol. The number of halogens is 1. The topological polar surface area (TPSA) is 108 Å². The number of hydrogen-bond donors (Lipinski definition) is 2. The van der Waals surface area contributed by atoms with Crippen LogP contribution in [0.2, 0.25) is 0 Å². The molecule has 2 aromatic rings. The Hall–Kier alpha value is -3.64. The van der Waals surface area contributed by atoms with Crippen molar-refractivity contribution < 1.29 is 14.1 Å². The van der Waals surface area contributed by atoms with Crippen molar-refractivity contribution in [1.29, 1.82) is 15.9 Å². The van der Waals surface area contributed by atoms with E-state index in [0.29, 0.717) is 5.56 Å². The van der Waals surface area contributed by atoms with E-state index in [-0.39, 0.29) is 11.3 Å². The van der Waals surface area contributed by atoms with Gasteiger partial charge in [-0.15, -0.1) is 0 Å². The maximum absolute atomic E-state index is 13.5. The highest BCUT2D eigenvalue weighted by atomic mass is 19.1. The number of hydrogen-bond acceptors (Lipinski definition) is 5. The summed E-state index contributed by atoms with van der Waals surface area (Å²) in [5.41, 5.74) is -1.28. The van der Waals surface area contributed by atoms with E-state index in [1.54, 1.807) is 41.2 Å². The van der Waals surface area contributed by atoms with Gasteiger partial charge in [0, 0.05) is 12.1 Å². The molecule has 0 fully saturated rings. The lowest BCUT2D eigenvalue weighted by Gasteiger charge is -2.38. The van der Waals surface area contributed by atoms with Gasteiger partial charge in [0.25, 0.3) is 0 Å². The zero-order valence-electron chi connectivity index (χ0n) is 15.0. The van der Waals surface area contributed by atoms with Crippen LogP contribution in [0.4, 0.5) is 4.39 Å². The number of allylic oxidation sites excluding steroid dienone is 1. The molecule has 7 heteroatoms. The molecule has 28 heavy (non-hydrogen) atoms. The highest BCUT2D eigenvalue weighted by Crippen LogP contribution is 2.44. The van der Waals surface area contributed by atoms with Gasteiger partial charge in [-0.25, -0.2) is 9.38 Å². The quantitative estimate of drug-likeness (QED) is 0.489. The van der Waals surface area contributed by atoms with E-state index in [9.17, 15) is 20.0 Å². The molecule has 2 N–H and O–H groups in total. The third kappa shape index (κ3) is 3.33. The molecule has 0 aliphatic carbocycles. The third-order valence-electron chi connectivity index (χ3n) is 4.85. The average Bonchev–Trinajstić information content (AvgIpc) is 2.69. The van der Waals surface area contributed by atoms with Crippen molar-refractivity contribution in [1.82, 2.24) is 0 Å². The predicted molar refractivity (Wildman–Crippen MR) is 98.8 cm³/mol. The van der Waals surface area contributed by atoms with Gasteiger partial charge in [-0.05, 0) is 30.5 Å². The first-order valence-electron chi connectivity index (χ1n) is 8.56. The van der Waals surface area contributed by atoms with Crippen LogP contribution in [0.1, 0.15) is 24.4 Å². The molecule has 1 aliphatic rings. The molecule has 0 saturated heterocycles. The zero-order chi connectivity index (χ0) is 20.3. The van der Waals surface area contributed by atoms with Crippen molar-refractivity contribution in [3.63, 3.8) is 0 Å². The van der Waals surface area contributed by atoms with Crippen LogP contribution in [0, 0.1) is 39.8 Å². The first kappa shape index (κ1) is 19.1. The molecule has 0 unspecified atom stereocenters. The van der Waals surface area contributed by atoms with Crippen LogP contribution in [0.5, 0.6) is 0 Å². The van der Waals surface area contributed by atoms with Gasteiger partial charge < -0.3 is 5.11 Å². The van der Waals surface area contributed by atoms with Crippen molar-refractivity contribution in [3.05, 3.63) is 71.8 Å². The molecule has 6 nitrogen and oxygen atoms in total. The fourth-order valence-corrected chi connectivity index (χ4v) is 3.70. The maximum atomic E-state index is 13.5. The fourth-order valence-electron chi connectivity index (χ4n) is 3.70. The second-order valence-corrected chi connectivity index (χ2v) is 6.65. The van der Waals surface area contributed by atoms with E-state index in [2.05, 4.69) is 11.1 Å². The molecule has 0 bridgehead atoms. The maximum Gasteiger partial charge on any atom is 0.216 e. The van der Waals surface area contributed by atoms with Gasteiger partial charge in [0.2, 0.25) is 11.8 Å². The van der Waals surface area contributed by atoms with Crippen molar-refractivity contribution in [2.75, 3.05) is 0 Å². The van der Waals surface area contributed by atoms with Crippen LogP contribution >= 0.6 is 0 Å². The van der Waals surface area contributed by atoms with Gasteiger partial charge in [0.05, 0.1) is 17.7 Å². The summed E-state index contributed by atoms with van der Waals surface area (Å²) in [6.45, 7) is 1.49. The Labute approximate surface area is 161 Å². The highest BCUT2D eigenvalue weighted by Gasteiger charge is 2.54.